The van der Waals surface area contributed by atoms with Gasteiger partial charge in [-0.05, 0) is 36.5 Å². The van der Waals surface area contributed by atoms with Crippen LogP contribution in [0.2, 0.25) is 0 Å². The number of phenols is 1. The van der Waals surface area contributed by atoms with Crippen LogP contribution in [0.1, 0.15) is 46.5 Å². The second kappa shape index (κ2) is 8.33. The lowest BCUT2D eigenvalue weighted by molar-refractivity contribution is 0.0758. The van der Waals surface area contributed by atoms with Gasteiger partial charge in [-0.15, -0.1) is 0 Å². The van der Waals surface area contributed by atoms with E-state index in [-0.39, 0.29) is 35.2 Å². The highest BCUT2D eigenvalue weighted by Gasteiger charge is 2.37. The Morgan fingerprint density at radius 3 is 2.45 bits per heavy atom. The van der Waals surface area contributed by atoms with E-state index in [9.17, 15) is 18.3 Å². The molecule has 8 heteroatoms. The van der Waals surface area contributed by atoms with E-state index in [0.717, 1.165) is 17.4 Å². The van der Waals surface area contributed by atoms with E-state index < -0.39 is 10.0 Å². The first-order chi connectivity index (χ1) is 15.5. The number of pyridine rings is 1. The summed E-state index contributed by atoms with van der Waals surface area (Å²) in [6.45, 7) is 6.80. The Bertz CT molecular complexity index is 1350. The number of aryl methyl sites for hydroxylation is 1. The van der Waals surface area contributed by atoms with Crippen LogP contribution in [0.25, 0.3) is 10.9 Å². The molecule has 2 aromatic carbocycles. The molecule has 7 nitrogen and oxygen atoms in total. The van der Waals surface area contributed by atoms with E-state index in [2.05, 4.69) is 4.98 Å². The number of benzene rings is 2. The molecular weight excluding hydrogens is 438 g/mol. The van der Waals surface area contributed by atoms with Gasteiger partial charge < -0.3 is 10.0 Å². The van der Waals surface area contributed by atoms with Crippen molar-refractivity contribution in [3.63, 3.8) is 0 Å². The zero-order chi connectivity index (χ0) is 24.1. The lowest BCUT2D eigenvalue weighted by Crippen LogP contribution is -2.28. The van der Waals surface area contributed by atoms with E-state index in [4.69, 9.17) is 0 Å². The van der Waals surface area contributed by atoms with E-state index in [0.29, 0.717) is 29.6 Å². The van der Waals surface area contributed by atoms with Crippen molar-refractivity contribution in [2.75, 3.05) is 24.2 Å². The van der Waals surface area contributed by atoms with Crippen LogP contribution in [0.4, 0.5) is 5.69 Å². The van der Waals surface area contributed by atoms with Crippen LogP contribution in [0.3, 0.4) is 0 Å². The molecule has 0 bridgehead atoms. The molecule has 1 amide bonds. The highest BCUT2D eigenvalue weighted by molar-refractivity contribution is 7.92. The van der Waals surface area contributed by atoms with Gasteiger partial charge in [0, 0.05) is 37.3 Å². The van der Waals surface area contributed by atoms with Crippen molar-refractivity contribution in [2.24, 2.45) is 5.92 Å². The predicted molar refractivity (Wildman–Crippen MR) is 130 cm³/mol. The molecule has 0 atom stereocenters. The summed E-state index contributed by atoms with van der Waals surface area (Å²) in [5, 5.41) is 11.6. The van der Waals surface area contributed by atoms with Crippen molar-refractivity contribution in [3.05, 3.63) is 64.3 Å². The molecule has 174 valence electrons. The molecule has 0 fully saturated rings. The molecule has 33 heavy (non-hydrogen) atoms. The average molecular weight is 468 g/mol. The zero-order valence-electron chi connectivity index (χ0n) is 19.6. The Morgan fingerprint density at radius 2 is 1.85 bits per heavy atom. The molecule has 0 radical (unpaired) electrons. The number of carbonyl (C=O) groups excluding carboxylic acids is 1. The Hall–Kier alpha value is -3.13. The summed E-state index contributed by atoms with van der Waals surface area (Å²) >= 11 is 0. The van der Waals surface area contributed by atoms with Gasteiger partial charge in [0.1, 0.15) is 5.52 Å². The third-order valence-corrected chi connectivity index (χ3v) is 7.20. The fourth-order valence-electron chi connectivity index (χ4n) is 4.38. The van der Waals surface area contributed by atoms with Gasteiger partial charge in [0.2, 0.25) is 10.0 Å². The number of phenolic OH excluding ortho intramolecular Hbond substituents is 1. The molecule has 0 saturated heterocycles. The van der Waals surface area contributed by atoms with E-state index in [1.54, 1.807) is 11.1 Å². The molecule has 1 aromatic heterocycles. The minimum Gasteiger partial charge on any atom is -0.505 e. The summed E-state index contributed by atoms with van der Waals surface area (Å²) in [7, 11) is -2.15. The fraction of sp³-hybridized carbons (Fsp3) is 0.360. The Balaban J connectivity index is 1.93. The molecule has 3 aromatic rings. The summed E-state index contributed by atoms with van der Waals surface area (Å²) in [4.78, 5) is 19.3. The molecule has 1 N–H and O–H groups in total. The Kier molecular flexibility index (Phi) is 5.82. The summed E-state index contributed by atoms with van der Waals surface area (Å²) in [6, 6.07) is 10.0. The number of hydrogen-bond donors (Lipinski definition) is 1. The van der Waals surface area contributed by atoms with Crippen molar-refractivity contribution >= 4 is 32.5 Å². The molecule has 0 unspecified atom stereocenters. The monoisotopic (exact) mass is 467 g/mol. The Morgan fingerprint density at radius 1 is 1.18 bits per heavy atom. The van der Waals surface area contributed by atoms with Crippen LogP contribution in [0.15, 0.2) is 36.5 Å². The van der Waals surface area contributed by atoms with E-state index >= 15 is 0 Å². The fourth-order valence-corrected chi connectivity index (χ4v) is 4.92. The first-order valence-corrected chi connectivity index (χ1v) is 12.8. The van der Waals surface area contributed by atoms with Crippen molar-refractivity contribution in [2.45, 2.75) is 33.7 Å². The van der Waals surface area contributed by atoms with Crippen LogP contribution >= 0.6 is 0 Å². The Labute approximate surface area is 194 Å². The molecular formula is C25H29N3O4S. The quantitative estimate of drug-likeness (QED) is 0.595. The molecule has 0 aliphatic carbocycles. The first-order valence-electron chi connectivity index (χ1n) is 10.9. The maximum atomic E-state index is 13.1. The smallest absolute Gasteiger partial charge is 0.258 e. The normalized spacial score (nSPS) is 13.8. The van der Waals surface area contributed by atoms with Crippen molar-refractivity contribution in [1.82, 2.24) is 9.88 Å². The van der Waals surface area contributed by atoms with Crippen LogP contribution < -0.4 is 4.31 Å². The third-order valence-electron chi connectivity index (χ3n) is 6.02. The van der Waals surface area contributed by atoms with Crippen LogP contribution in [0.5, 0.6) is 5.75 Å². The van der Waals surface area contributed by atoms with Gasteiger partial charge in [0.05, 0.1) is 17.5 Å². The maximum Gasteiger partial charge on any atom is 0.258 e. The van der Waals surface area contributed by atoms with Gasteiger partial charge in [-0.1, -0.05) is 43.7 Å². The number of sulfonamides is 1. The van der Waals surface area contributed by atoms with Crippen molar-refractivity contribution in [1.29, 1.82) is 0 Å². The van der Waals surface area contributed by atoms with Crippen LogP contribution in [0, 0.1) is 12.8 Å². The number of amides is 1. The number of aromatic nitrogens is 1. The lowest BCUT2D eigenvalue weighted by atomic mass is 9.98. The first kappa shape index (κ1) is 23.0. The van der Waals surface area contributed by atoms with Gasteiger partial charge in [-0.25, -0.2) is 8.42 Å². The largest absolute Gasteiger partial charge is 0.505 e. The molecule has 0 saturated carbocycles. The second-order valence-corrected chi connectivity index (χ2v) is 11.3. The summed E-state index contributed by atoms with van der Waals surface area (Å²) in [5.41, 5.74) is 4.45. The second-order valence-electron chi connectivity index (χ2n) is 9.26. The molecule has 4 rings (SSSR count). The van der Waals surface area contributed by atoms with Gasteiger partial charge in [-0.2, -0.15) is 0 Å². The van der Waals surface area contributed by atoms with Gasteiger partial charge in [0.15, 0.2) is 5.75 Å². The molecule has 0 spiro atoms. The van der Waals surface area contributed by atoms with E-state index in [1.165, 1.54) is 16.9 Å². The maximum absolute atomic E-state index is 13.1. The number of fused-ring (bicyclic) bond motifs is 2. The van der Waals surface area contributed by atoms with Crippen LogP contribution in [-0.2, 0) is 23.0 Å². The minimum atomic E-state index is -3.62. The number of carbonyl (C=O) groups is 1. The van der Waals surface area contributed by atoms with Crippen LogP contribution in [-0.4, -0.2) is 49.2 Å². The summed E-state index contributed by atoms with van der Waals surface area (Å²) in [5.74, 6) is -0.259. The summed E-state index contributed by atoms with van der Waals surface area (Å²) in [6.07, 6.45) is 3.41. The third kappa shape index (κ3) is 4.27. The number of aromatic hydroxyl groups is 1. The van der Waals surface area contributed by atoms with Crippen molar-refractivity contribution < 1.29 is 18.3 Å². The van der Waals surface area contributed by atoms with Gasteiger partial charge in [-0.3, -0.25) is 14.1 Å². The molecule has 1 aliphatic rings. The topological polar surface area (TPSA) is 90.8 Å². The SMILES string of the molecule is Cc1ccc(Cc2cnc3c(O)c4c(c(N(C)S(C)(=O)=O)c3c2)CN(CC(C)C)C4=O)cc1. The molecule has 2 heterocycles. The highest BCUT2D eigenvalue weighted by Crippen LogP contribution is 2.44. The van der Waals surface area contributed by atoms with Gasteiger partial charge >= 0.3 is 0 Å². The predicted octanol–water partition coefficient (Wildman–Crippen LogP) is 3.85. The highest BCUT2D eigenvalue weighted by atomic mass is 32.2. The number of hydrogen-bond acceptors (Lipinski definition) is 5. The van der Waals surface area contributed by atoms with Crippen molar-refractivity contribution in [3.8, 4) is 5.75 Å². The van der Waals surface area contributed by atoms with Gasteiger partial charge in [0.25, 0.3) is 5.91 Å². The average Bonchev–Trinajstić information content (AvgIpc) is 3.04. The molecule has 1 aliphatic heterocycles. The number of rotatable bonds is 6. The number of nitrogens with zero attached hydrogens (tertiary/aromatic N) is 3. The minimum absolute atomic E-state index is 0.146. The summed E-state index contributed by atoms with van der Waals surface area (Å²) < 4.78 is 26.3. The lowest BCUT2D eigenvalue weighted by Gasteiger charge is -2.23. The standard InChI is InChI=1S/C25H29N3O4S/c1-15(2)13-28-14-20-21(25(28)30)24(29)22-19(23(20)27(4)33(5,31)32)11-18(12-26-22)10-17-8-6-16(3)7-9-17/h6-9,11-12,15,29H,10,13-14H2,1-5H3. The number of anilines is 1. The zero-order valence-corrected chi connectivity index (χ0v) is 20.4. The van der Waals surface area contributed by atoms with E-state index in [1.807, 2.05) is 51.1 Å².